The number of nitrogens with one attached hydrogen (secondary N) is 1. The maximum absolute atomic E-state index is 12.3. The van der Waals surface area contributed by atoms with Gasteiger partial charge in [-0.05, 0) is 50.6 Å². The largest absolute Gasteiger partial charge is 0.368 e. The number of carbonyl (C=O) groups excluding carboxylic acids is 1. The number of nitrogens with zero attached hydrogens (tertiary/aromatic N) is 1. The van der Waals surface area contributed by atoms with Crippen molar-refractivity contribution in [3.63, 3.8) is 0 Å². The Bertz CT molecular complexity index is 275. The minimum absolute atomic E-state index is 0.133. The fourth-order valence-corrected chi connectivity index (χ4v) is 3.41. The second kappa shape index (κ2) is 4.94. The van der Waals surface area contributed by atoms with E-state index < -0.39 is 0 Å². The molecule has 17 heavy (non-hydrogen) atoms. The van der Waals surface area contributed by atoms with Gasteiger partial charge in [0.1, 0.15) is 6.10 Å². The summed E-state index contributed by atoms with van der Waals surface area (Å²) in [6.07, 6.45) is 4.15. The Labute approximate surface area is 103 Å². The van der Waals surface area contributed by atoms with Crippen LogP contribution < -0.4 is 5.32 Å². The number of rotatable bonds is 1. The summed E-state index contributed by atoms with van der Waals surface area (Å²) >= 11 is 0. The maximum atomic E-state index is 12.3. The van der Waals surface area contributed by atoms with Gasteiger partial charge in [0.05, 0.1) is 0 Å². The number of fused-ring (bicyclic) bond motifs is 1. The second-order valence-electron chi connectivity index (χ2n) is 5.58. The van der Waals surface area contributed by atoms with Crippen molar-refractivity contribution < 1.29 is 9.53 Å². The lowest BCUT2D eigenvalue weighted by molar-refractivity contribution is -0.140. The van der Waals surface area contributed by atoms with E-state index in [4.69, 9.17) is 4.74 Å². The zero-order valence-electron chi connectivity index (χ0n) is 10.4. The van der Waals surface area contributed by atoms with E-state index in [2.05, 4.69) is 5.32 Å². The summed E-state index contributed by atoms with van der Waals surface area (Å²) in [5, 5.41) is 3.46. The highest BCUT2D eigenvalue weighted by Crippen LogP contribution is 2.28. The number of carbonyl (C=O) groups is 1. The molecule has 3 saturated heterocycles. The minimum Gasteiger partial charge on any atom is -0.368 e. The van der Waals surface area contributed by atoms with Gasteiger partial charge < -0.3 is 15.0 Å². The summed E-state index contributed by atoms with van der Waals surface area (Å²) in [5.74, 6) is 1.82. The van der Waals surface area contributed by atoms with Gasteiger partial charge in [-0.15, -0.1) is 0 Å². The van der Waals surface area contributed by atoms with E-state index in [0.29, 0.717) is 0 Å². The minimum atomic E-state index is -0.133. The first-order chi connectivity index (χ1) is 8.34. The van der Waals surface area contributed by atoms with Gasteiger partial charge in [0.2, 0.25) is 0 Å². The Hall–Kier alpha value is -0.610. The lowest BCUT2D eigenvalue weighted by atomic mass is 9.92. The smallest absolute Gasteiger partial charge is 0.251 e. The number of hydrogen-bond acceptors (Lipinski definition) is 3. The molecule has 0 aromatic heterocycles. The Morgan fingerprint density at radius 3 is 2.41 bits per heavy atom. The predicted octanol–water partition coefficient (Wildman–Crippen LogP) is 0.623. The third-order valence-corrected chi connectivity index (χ3v) is 4.54. The average molecular weight is 238 g/mol. The molecule has 3 aliphatic rings. The van der Waals surface area contributed by atoms with E-state index in [1.54, 1.807) is 0 Å². The predicted molar refractivity (Wildman–Crippen MR) is 64.6 cm³/mol. The van der Waals surface area contributed by atoms with Crippen LogP contribution in [0.1, 0.15) is 25.7 Å². The monoisotopic (exact) mass is 238 g/mol. The molecule has 1 amide bonds. The van der Waals surface area contributed by atoms with Gasteiger partial charge in [0, 0.05) is 19.7 Å². The molecule has 0 radical (unpaired) electrons. The molecule has 0 saturated carbocycles. The van der Waals surface area contributed by atoms with Crippen LogP contribution in [0.15, 0.2) is 0 Å². The molecular weight excluding hydrogens is 216 g/mol. The van der Waals surface area contributed by atoms with Crippen LogP contribution in [0.3, 0.4) is 0 Å². The van der Waals surface area contributed by atoms with Crippen molar-refractivity contribution in [1.82, 2.24) is 10.2 Å². The third-order valence-electron chi connectivity index (χ3n) is 4.54. The van der Waals surface area contributed by atoms with Crippen molar-refractivity contribution in [3.8, 4) is 0 Å². The first-order valence-electron chi connectivity index (χ1n) is 6.95. The Morgan fingerprint density at radius 1 is 1.12 bits per heavy atom. The van der Waals surface area contributed by atoms with E-state index in [1.807, 2.05) is 4.90 Å². The van der Waals surface area contributed by atoms with Crippen LogP contribution in [0.4, 0.5) is 0 Å². The van der Waals surface area contributed by atoms with Crippen molar-refractivity contribution in [2.45, 2.75) is 31.8 Å². The van der Waals surface area contributed by atoms with Gasteiger partial charge in [0.25, 0.3) is 5.91 Å². The van der Waals surface area contributed by atoms with Crippen LogP contribution in [-0.2, 0) is 9.53 Å². The Balaban J connectivity index is 1.59. The van der Waals surface area contributed by atoms with Gasteiger partial charge in [-0.3, -0.25) is 4.79 Å². The molecule has 1 unspecified atom stereocenters. The van der Waals surface area contributed by atoms with E-state index in [9.17, 15) is 4.79 Å². The molecule has 3 atom stereocenters. The van der Waals surface area contributed by atoms with E-state index >= 15 is 0 Å². The van der Waals surface area contributed by atoms with Gasteiger partial charge >= 0.3 is 0 Å². The standard InChI is InChI=1S/C13H22N2O2/c16-13(12-2-1-7-17-12)15-5-3-10-8-14-9-11(10)4-6-15/h10-12,14H,1-9H2/t10-,11+,12?. The molecule has 3 heterocycles. The van der Waals surface area contributed by atoms with Crippen molar-refractivity contribution in [2.75, 3.05) is 32.8 Å². The van der Waals surface area contributed by atoms with Crippen LogP contribution in [0.5, 0.6) is 0 Å². The SMILES string of the molecule is O=C(C1CCCO1)N1CC[C@@H]2CNC[C@@H]2CC1. The van der Waals surface area contributed by atoms with Crippen molar-refractivity contribution >= 4 is 5.91 Å². The third kappa shape index (κ3) is 2.33. The van der Waals surface area contributed by atoms with Crippen LogP contribution in [0.25, 0.3) is 0 Å². The van der Waals surface area contributed by atoms with Gasteiger partial charge in [-0.25, -0.2) is 0 Å². The first-order valence-corrected chi connectivity index (χ1v) is 6.95. The molecule has 0 aromatic carbocycles. The van der Waals surface area contributed by atoms with Gasteiger partial charge in [-0.1, -0.05) is 0 Å². The lowest BCUT2D eigenvalue weighted by Crippen LogP contribution is -2.39. The number of amides is 1. The summed E-state index contributed by atoms with van der Waals surface area (Å²) in [6.45, 7) is 4.92. The molecule has 0 bridgehead atoms. The zero-order chi connectivity index (χ0) is 11.7. The van der Waals surface area contributed by atoms with E-state index in [0.717, 1.165) is 70.3 Å². The highest BCUT2D eigenvalue weighted by atomic mass is 16.5. The van der Waals surface area contributed by atoms with Crippen LogP contribution >= 0.6 is 0 Å². The van der Waals surface area contributed by atoms with Crippen LogP contribution in [-0.4, -0.2) is 49.7 Å². The molecule has 0 aromatic rings. The van der Waals surface area contributed by atoms with Gasteiger partial charge in [-0.2, -0.15) is 0 Å². The zero-order valence-corrected chi connectivity index (χ0v) is 10.4. The van der Waals surface area contributed by atoms with Crippen LogP contribution in [0, 0.1) is 11.8 Å². The normalized spacial score (nSPS) is 37.9. The average Bonchev–Trinajstić information content (AvgIpc) is 2.97. The van der Waals surface area contributed by atoms with E-state index in [-0.39, 0.29) is 12.0 Å². The fourth-order valence-electron chi connectivity index (χ4n) is 3.41. The van der Waals surface area contributed by atoms with Crippen LogP contribution in [0.2, 0.25) is 0 Å². The van der Waals surface area contributed by atoms with Crippen molar-refractivity contribution in [2.24, 2.45) is 11.8 Å². The lowest BCUT2D eigenvalue weighted by Gasteiger charge is -2.23. The molecule has 4 nitrogen and oxygen atoms in total. The summed E-state index contributed by atoms with van der Waals surface area (Å²) in [4.78, 5) is 14.3. The van der Waals surface area contributed by atoms with E-state index in [1.165, 1.54) is 0 Å². The highest BCUT2D eigenvalue weighted by Gasteiger charge is 2.34. The maximum Gasteiger partial charge on any atom is 0.251 e. The number of ether oxygens (including phenoxy) is 1. The molecule has 1 N–H and O–H groups in total. The summed E-state index contributed by atoms with van der Waals surface area (Å²) < 4.78 is 5.50. The summed E-state index contributed by atoms with van der Waals surface area (Å²) in [5.41, 5.74) is 0. The Kier molecular flexibility index (Phi) is 3.34. The molecular formula is C13H22N2O2. The summed E-state index contributed by atoms with van der Waals surface area (Å²) in [6, 6.07) is 0. The number of hydrogen-bond donors (Lipinski definition) is 1. The van der Waals surface area contributed by atoms with Crippen molar-refractivity contribution in [1.29, 1.82) is 0 Å². The fraction of sp³-hybridized carbons (Fsp3) is 0.923. The summed E-state index contributed by atoms with van der Waals surface area (Å²) in [7, 11) is 0. The van der Waals surface area contributed by atoms with Gasteiger partial charge in [0.15, 0.2) is 0 Å². The Morgan fingerprint density at radius 2 is 1.82 bits per heavy atom. The van der Waals surface area contributed by atoms with Crippen molar-refractivity contribution in [3.05, 3.63) is 0 Å². The second-order valence-corrected chi connectivity index (χ2v) is 5.58. The quantitative estimate of drug-likeness (QED) is 0.728. The first kappa shape index (κ1) is 11.5. The molecule has 3 rings (SSSR count). The number of likely N-dealkylation sites (tertiary alicyclic amines) is 1. The molecule has 96 valence electrons. The molecule has 3 fully saturated rings. The molecule has 0 aliphatic carbocycles. The molecule has 4 heteroatoms. The molecule has 3 aliphatic heterocycles. The topological polar surface area (TPSA) is 41.6 Å². The molecule has 0 spiro atoms. The highest BCUT2D eigenvalue weighted by molar-refractivity contribution is 5.81.